The van der Waals surface area contributed by atoms with Crippen molar-refractivity contribution in [3.8, 4) is 0 Å². The van der Waals surface area contributed by atoms with E-state index >= 15 is 0 Å². The number of aryl methyl sites for hydroxylation is 2. The Balaban J connectivity index is 1.59. The van der Waals surface area contributed by atoms with Crippen molar-refractivity contribution in [1.29, 1.82) is 0 Å². The molecule has 0 saturated carbocycles. The highest BCUT2D eigenvalue weighted by Crippen LogP contribution is 2.25. The summed E-state index contributed by atoms with van der Waals surface area (Å²) < 4.78 is 2.07. The van der Waals surface area contributed by atoms with Crippen molar-refractivity contribution in [2.75, 3.05) is 19.6 Å². The van der Waals surface area contributed by atoms with Crippen LogP contribution in [-0.2, 0) is 6.54 Å². The van der Waals surface area contributed by atoms with Crippen LogP contribution in [0, 0.1) is 13.8 Å². The van der Waals surface area contributed by atoms with Crippen molar-refractivity contribution in [2.24, 2.45) is 5.73 Å². The SMILES string of the molecule is Cc1cc(C)n(CCN2CCC[C@H](c3cc(C(N)=O)n[nH]3)C2)n1. The number of aromatic amines is 1. The zero-order valence-corrected chi connectivity index (χ0v) is 13.7. The average Bonchev–Trinajstić information content (AvgIpc) is 3.12. The molecule has 7 nitrogen and oxygen atoms in total. The summed E-state index contributed by atoms with van der Waals surface area (Å²) in [4.78, 5) is 13.6. The lowest BCUT2D eigenvalue weighted by Crippen LogP contribution is -2.36. The van der Waals surface area contributed by atoms with E-state index in [1.165, 1.54) is 5.69 Å². The maximum absolute atomic E-state index is 11.2. The number of rotatable bonds is 5. The lowest BCUT2D eigenvalue weighted by molar-refractivity contribution is 0.0995. The first-order valence-corrected chi connectivity index (χ1v) is 8.11. The molecular formula is C16H24N6O. The number of likely N-dealkylation sites (tertiary alicyclic amines) is 1. The number of carbonyl (C=O) groups is 1. The molecule has 3 heterocycles. The molecule has 3 rings (SSSR count). The third kappa shape index (κ3) is 3.61. The molecule has 0 bridgehead atoms. The van der Waals surface area contributed by atoms with Gasteiger partial charge in [0, 0.05) is 30.4 Å². The summed E-state index contributed by atoms with van der Waals surface area (Å²) in [7, 11) is 0. The summed E-state index contributed by atoms with van der Waals surface area (Å²) in [6, 6.07) is 3.90. The van der Waals surface area contributed by atoms with Gasteiger partial charge in [-0.2, -0.15) is 10.2 Å². The Labute approximate surface area is 135 Å². The fraction of sp³-hybridized carbons (Fsp3) is 0.562. The number of piperidine rings is 1. The molecule has 124 valence electrons. The molecule has 0 aromatic carbocycles. The molecular weight excluding hydrogens is 292 g/mol. The molecule has 1 aliphatic heterocycles. The second kappa shape index (κ2) is 6.54. The monoisotopic (exact) mass is 316 g/mol. The maximum Gasteiger partial charge on any atom is 0.269 e. The fourth-order valence-electron chi connectivity index (χ4n) is 3.32. The van der Waals surface area contributed by atoms with E-state index in [4.69, 9.17) is 5.73 Å². The van der Waals surface area contributed by atoms with Crippen LogP contribution in [0.25, 0.3) is 0 Å². The van der Waals surface area contributed by atoms with Crippen molar-refractivity contribution >= 4 is 5.91 Å². The molecule has 1 fully saturated rings. The number of H-pyrrole nitrogens is 1. The van der Waals surface area contributed by atoms with Crippen LogP contribution in [-0.4, -0.2) is 50.4 Å². The smallest absolute Gasteiger partial charge is 0.269 e. The van der Waals surface area contributed by atoms with Crippen LogP contribution in [0.5, 0.6) is 0 Å². The Morgan fingerprint density at radius 3 is 2.87 bits per heavy atom. The first kappa shape index (κ1) is 15.7. The molecule has 0 aliphatic carbocycles. The molecule has 1 aliphatic rings. The van der Waals surface area contributed by atoms with Gasteiger partial charge in [-0.25, -0.2) is 0 Å². The first-order valence-electron chi connectivity index (χ1n) is 8.11. The quantitative estimate of drug-likeness (QED) is 0.867. The van der Waals surface area contributed by atoms with E-state index in [9.17, 15) is 4.79 Å². The van der Waals surface area contributed by atoms with Crippen LogP contribution in [0.1, 0.15) is 46.3 Å². The van der Waals surface area contributed by atoms with Gasteiger partial charge in [0.2, 0.25) is 0 Å². The normalized spacial score (nSPS) is 19.1. The summed E-state index contributed by atoms with van der Waals surface area (Å²) in [6.45, 7) is 8.08. The van der Waals surface area contributed by atoms with E-state index in [-0.39, 0.29) is 0 Å². The summed E-state index contributed by atoms with van der Waals surface area (Å²) in [5, 5.41) is 11.5. The van der Waals surface area contributed by atoms with E-state index in [1.807, 2.05) is 6.92 Å². The summed E-state index contributed by atoms with van der Waals surface area (Å²) in [5.74, 6) is -0.102. The molecule has 0 unspecified atom stereocenters. The van der Waals surface area contributed by atoms with Gasteiger partial charge < -0.3 is 10.6 Å². The summed E-state index contributed by atoms with van der Waals surface area (Å²) in [6.07, 6.45) is 2.25. The van der Waals surface area contributed by atoms with Crippen LogP contribution in [0.4, 0.5) is 0 Å². The molecule has 2 aromatic heterocycles. The molecule has 1 atom stereocenters. The third-order valence-corrected chi connectivity index (χ3v) is 4.53. The van der Waals surface area contributed by atoms with Crippen LogP contribution >= 0.6 is 0 Å². The molecule has 3 N–H and O–H groups in total. The number of nitrogens with zero attached hydrogens (tertiary/aromatic N) is 4. The number of aromatic nitrogens is 4. The van der Waals surface area contributed by atoms with Crippen LogP contribution in [0.15, 0.2) is 12.1 Å². The molecule has 23 heavy (non-hydrogen) atoms. The Bertz CT molecular complexity index is 689. The van der Waals surface area contributed by atoms with Gasteiger partial charge in [0.05, 0.1) is 12.2 Å². The molecule has 7 heteroatoms. The molecule has 0 spiro atoms. The Hall–Kier alpha value is -2.15. The Morgan fingerprint density at radius 1 is 1.39 bits per heavy atom. The molecule has 2 aromatic rings. The number of carbonyl (C=O) groups excluding carboxylic acids is 1. The number of hydrogen-bond acceptors (Lipinski definition) is 4. The van der Waals surface area contributed by atoms with E-state index in [0.29, 0.717) is 11.6 Å². The van der Waals surface area contributed by atoms with Gasteiger partial charge in [0.15, 0.2) is 0 Å². The zero-order valence-electron chi connectivity index (χ0n) is 13.7. The van der Waals surface area contributed by atoms with Gasteiger partial charge in [-0.3, -0.25) is 14.6 Å². The van der Waals surface area contributed by atoms with Gasteiger partial charge in [0.1, 0.15) is 5.69 Å². The summed E-state index contributed by atoms with van der Waals surface area (Å²) in [5.41, 5.74) is 8.87. The minimum Gasteiger partial charge on any atom is -0.364 e. The van der Waals surface area contributed by atoms with Crippen LogP contribution in [0.3, 0.4) is 0 Å². The lowest BCUT2D eigenvalue weighted by Gasteiger charge is -2.32. The predicted octanol–water partition coefficient (Wildman–Crippen LogP) is 1.20. The fourth-order valence-corrected chi connectivity index (χ4v) is 3.32. The van der Waals surface area contributed by atoms with Crippen molar-refractivity contribution < 1.29 is 4.79 Å². The van der Waals surface area contributed by atoms with E-state index in [1.54, 1.807) is 6.07 Å². The second-order valence-corrected chi connectivity index (χ2v) is 6.36. The van der Waals surface area contributed by atoms with Crippen LogP contribution < -0.4 is 5.73 Å². The van der Waals surface area contributed by atoms with E-state index < -0.39 is 5.91 Å². The van der Waals surface area contributed by atoms with Crippen molar-refractivity contribution in [3.05, 3.63) is 34.9 Å². The number of hydrogen-bond donors (Lipinski definition) is 2. The number of nitrogens with one attached hydrogen (secondary N) is 1. The molecule has 1 amide bonds. The standard InChI is InChI=1S/C16H24N6O/c1-11-8-12(2)22(20-11)7-6-21-5-3-4-13(10-21)14-9-15(16(17)23)19-18-14/h8-9,13H,3-7,10H2,1-2H3,(H2,17,23)(H,18,19)/t13-/m0/s1. The zero-order chi connectivity index (χ0) is 16.4. The number of primary amides is 1. The van der Waals surface area contributed by atoms with E-state index in [2.05, 4.69) is 37.9 Å². The minimum atomic E-state index is -0.482. The highest BCUT2D eigenvalue weighted by molar-refractivity contribution is 5.90. The Kier molecular flexibility index (Phi) is 4.47. The van der Waals surface area contributed by atoms with Gasteiger partial charge in [-0.05, 0) is 45.4 Å². The largest absolute Gasteiger partial charge is 0.364 e. The number of nitrogens with two attached hydrogens (primary N) is 1. The third-order valence-electron chi connectivity index (χ3n) is 4.53. The highest BCUT2D eigenvalue weighted by atomic mass is 16.1. The van der Waals surface area contributed by atoms with Crippen LogP contribution in [0.2, 0.25) is 0 Å². The summed E-state index contributed by atoms with van der Waals surface area (Å²) >= 11 is 0. The van der Waals surface area contributed by atoms with Crippen molar-refractivity contribution in [2.45, 2.75) is 39.2 Å². The van der Waals surface area contributed by atoms with Gasteiger partial charge in [0.25, 0.3) is 5.91 Å². The maximum atomic E-state index is 11.2. The number of amides is 1. The predicted molar refractivity (Wildman–Crippen MR) is 87.2 cm³/mol. The van der Waals surface area contributed by atoms with Gasteiger partial charge >= 0.3 is 0 Å². The minimum absolute atomic E-state index is 0.319. The van der Waals surface area contributed by atoms with Gasteiger partial charge in [-0.15, -0.1) is 0 Å². The van der Waals surface area contributed by atoms with Gasteiger partial charge in [-0.1, -0.05) is 0 Å². The van der Waals surface area contributed by atoms with Crippen molar-refractivity contribution in [3.63, 3.8) is 0 Å². The Morgan fingerprint density at radius 2 is 2.22 bits per heavy atom. The van der Waals surface area contributed by atoms with E-state index in [0.717, 1.165) is 50.4 Å². The van der Waals surface area contributed by atoms with Crippen molar-refractivity contribution in [1.82, 2.24) is 24.9 Å². The highest BCUT2D eigenvalue weighted by Gasteiger charge is 2.23. The lowest BCUT2D eigenvalue weighted by atomic mass is 9.94. The molecule has 1 saturated heterocycles. The average molecular weight is 316 g/mol. The molecule has 0 radical (unpaired) electrons. The second-order valence-electron chi connectivity index (χ2n) is 6.36. The first-order chi connectivity index (χ1) is 11.0. The topological polar surface area (TPSA) is 92.8 Å².